The van der Waals surface area contributed by atoms with Gasteiger partial charge in [0.2, 0.25) is 0 Å². The fraction of sp³-hybridized carbons (Fsp3) is 0.691. The molecule has 0 aromatic carbocycles. The Hall–Kier alpha value is -9.53. The van der Waals surface area contributed by atoms with Gasteiger partial charge in [0.15, 0.2) is 0 Å². The first-order valence-electron chi connectivity index (χ1n) is 43.7. The summed E-state index contributed by atoms with van der Waals surface area (Å²) in [6.45, 7) is 40.1. The molecule has 0 saturated carbocycles. The second kappa shape index (κ2) is 53.1. The minimum Gasteiger partial charge on any atom is -0.395 e. The van der Waals surface area contributed by atoms with Crippen LogP contribution in [0.5, 0.6) is 0 Å². The molecule has 2 aliphatic rings. The average Bonchev–Trinajstić information content (AvgIpc) is 1.57. The zero-order valence-corrected chi connectivity index (χ0v) is 72.3. The predicted octanol–water partition coefficient (Wildman–Crippen LogP) is 8.53. The van der Waals surface area contributed by atoms with Crippen LogP contribution in [0.15, 0.2) is 62.0 Å². The number of nitrogens with zero attached hydrogens (tertiary/aromatic N) is 29. The molecule has 654 valence electrons. The van der Waals surface area contributed by atoms with Gasteiger partial charge < -0.3 is 84.4 Å². The predicted molar refractivity (Wildman–Crippen MR) is 469 cm³/mol. The maximum absolute atomic E-state index is 9.48. The van der Waals surface area contributed by atoms with Crippen LogP contribution in [0.2, 0.25) is 0 Å². The van der Waals surface area contributed by atoms with E-state index >= 15 is 0 Å². The van der Waals surface area contributed by atoms with E-state index in [1.165, 1.54) is 95.8 Å². The van der Waals surface area contributed by atoms with Crippen molar-refractivity contribution in [1.29, 1.82) is 0 Å². The van der Waals surface area contributed by atoms with E-state index in [4.69, 9.17) is 9.47 Å². The number of aromatic nitrogens is 20. The van der Waals surface area contributed by atoms with Gasteiger partial charge in [-0.1, -0.05) is 119 Å². The van der Waals surface area contributed by atoms with Crippen molar-refractivity contribution in [3.8, 4) is 0 Å². The first kappa shape index (κ1) is 94.0. The highest BCUT2D eigenvalue weighted by molar-refractivity contribution is 5.61. The zero-order chi connectivity index (χ0) is 84.1. The van der Waals surface area contributed by atoms with Gasteiger partial charge in [-0.05, 0) is 66.2 Å². The quantitative estimate of drug-likeness (QED) is 0.0194. The van der Waals surface area contributed by atoms with Gasteiger partial charge in [0.1, 0.15) is 89.8 Å². The summed E-state index contributed by atoms with van der Waals surface area (Å²) < 4.78 is 19.6. The van der Waals surface area contributed by atoms with E-state index < -0.39 is 0 Å². The number of nitrogens with one attached hydrogen (secondary N) is 1. The molecule has 0 spiro atoms. The van der Waals surface area contributed by atoms with Gasteiger partial charge >= 0.3 is 0 Å². The number of anilines is 10. The molecule has 118 heavy (non-hydrogen) atoms. The molecule has 37 heteroatoms. The number of aliphatic hydroxyl groups excluding tert-OH is 5. The molecule has 12 rings (SSSR count). The fourth-order valence-corrected chi connectivity index (χ4v) is 14.1. The fourth-order valence-electron chi connectivity index (χ4n) is 14.1. The van der Waals surface area contributed by atoms with E-state index in [1.807, 2.05) is 12.1 Å². The molecule has 0 radical (unpaired) electrons. The molecule has 0 unspecified atom stereocenters. The average molecular weight is 1640 g/mol. The van der Waals surface area contributed by atoms with Crippen molar-refractivity contribution in [1.82, 2.24) is 97.9 Å². The summed E-state index contributed by atoms with van der Waals surface area (Å²) in [5.74, 6) is 12.1. The van der Waals surface area contributed by atoms with Crippen molar-refractivity contribution in [3.05, 3.63) is 62.0 Å². The van der Waals surface area contributed by atoms with Crippen LogP contribution in [0.4, 0.5) is 58.2 Å². The Morgan fingerprint density at radius 1 is 0.305 bits per heavy atom. The summed E-state index contributed by atoms with van der Waals surface area (Å²) >= 11 is 0. The second-order valence-electron chi connectivity index (χ2n) is 29.0. The number of rotatable bonds is 48. The van der Waals surface area contributed by atoms with Crippen LogP contribution in [0.3, 0.4) is 0 Å². The van der Waals surface area contributed by atoms with Gasteiger partial charge in [-0.15, -0.1) is 0 Å². The Bertz CT molecular complexity index is 4330. The third-order valence-corrected chi connectivity index (χ3v) is 20.7. The highest BCUT2D eigenvalue weighted by Gasteiger charge is 2.24. The first-order chi connectivity index (χ1) is 57.9. The third kappa shape index (κ3) is 27.8. The minimum atomic E-state index is 0.106. The standard InChI is InChI=1S/2C17H30N6O.C16H26N6O2.C16H28N6O.C15H24N6O2/c1-4-7-8-9-10-22(11-12-24)16-13-15(21(5-2)6-3)20-17-18-14-19-23(16)17;1-3-5-7-8-10-22(11-12-24)16-13-15(18-9-6-4-2)21-17-19-14-20-23(16)17;1-2-3-4-5-21(6-9-23)15-12-14(20-7-10-24-11-8-20)19-16-17-13-18-22(15)16;1-4-7-8-9-21(10-11-23)15-12-14(20(5-2)6-3)19-16-17-13-18-22(15)16;1-2-3-4-20(5-8-22)14-11-13(19-6-9-23-10-7-19)18-15-16-12-17-21(14)15/h13-14,24H,4-12H2,1-3H3;13-14,24H,3-12H2,1-2H3,(H,18,19,20,21);12-13,23H,2-11H2,1H3;12-13,23H,4-11H2,1-3H3;11-12,22H,2-10H2,1H3. The molecule has 10 aromatic rings. The van der Waals surface area contributed by atoms with Gasteiger partial charge in [-0.3, -0.25) is 0 Å². The van der Waals surface area contributed by atoms with Crippen LogP contribution in [-0.4, -0.2) is 307 Å². The molecule has 10 aromatic heterocycles. The maximum Gasteiger partial charge on any atom is 0.256 e. The number of hydrogen-bond acceptors (Lipinski definition) is 32. The van der Waals surface area contributed by atoms with Gasteiger partial charge in [0.05, 0.1) is 59.5 Å². The summed E-state index contributed by atoms with van der Waals surface area (Å²) in [5.41, 5.74) is 0. The number of aliphatic hydroxyl groups is 5. The molecule has 2 fully saturated rings. The lowest BCUT2D eigenvalue weighted by atomic mass is 10.2. The molecule has 0 bridgehead atoms. The Balaban J connectivity index is 0.000000184. The van der Waals surface area contributed by atoms with E-state index in [-0.39, 0.29) is 33.0 Å². The number of ether oxygens (including phenoxy) is 2. The van der Waals surface area contributed by atoms with Crippen LogP contribution < -0.4 is 49.4 Å². The van der Waals surface area contributed by atoms with Crippen LogP contribution in [0.25, 0.3) is 28.9 Å². The van der Waals surface area contributed by atoms with Crippen molar-refractivity contribution >= 4 is 87.1 Å². The normalized spacial score (nSPS) is 12.8. The molecular formula is C81H138N30O7. The summed E-state index contributed by atoms with van der Waals surface area (Å²) in [6, 6.07) is 10.2. The molecular weight excluding hydrogens is 1510 g/mol. The molecule has 2 saturated heterocycles. The van der Waals surface area contributed by atoms with Crippen LogP contribution in [-0.2, 0) is 9.47 Å². The SMILES string of the molecule is CCCCCCN(CCO)c1cc(N(CC)CC)nc2ncnn12.CCCCCCN(CCO)c1cc(NCCCC)nc2ncnn12.CCCCCN(CCO)c1cc(N(CC)CC)nc2ncnn12.CCCCCN(CCO)c1cc(N2CCOCC2)nc2ncnn12.CCCCN(CCO)c1cc(N2CCOCC2)nc2ncnn12. The summed E-state index contributed by atoms with van der Waals surface area (Å²) in [6.07, 6.45) is 28.4. The molecule has 0 amide bonds. The van der Waals surface area contributed by atoms with E-state index in [0.717, 1.165) is 201 Å². The number of morpholine rings is 2. The number of hydrogen-bond donors (Lipinski definition) is 6. The largest absolute Gasteiger partial charge is 0.395 e. The van der Waals surface area contributed by atoms with E-state index in [1.54, 1.807) is 22.6 Å². The number of fused-ring (bicyclic) bond motifs is 5. The lowest BCUT2D eigenvalue weighted by Crippen LogP contribution is -2.37. The smallest absolute Gasteiger partial charge is 0.256 e. The second-order valence-corrected chi connectivity index (χ2v) is 29.0. The monoisotopic (exact) mass is 1640 g/mol. The third-order valence-electron chi connectivity index (χ3n) is 20.7. The maximum atomic E-state index is 9.48. The van der Waals surface area contributed by atoms with Crippen LogP contribution in [0.1, 0.15) is 185 Å². The van der Waals surface area contributed by atoms with E-state index in [9.17, 15) is 25.5 Å². The Kier molecular flexibility index (Phi) is 42.3. The molecule has 0 aliphatic carbocycles. The van der Waals surface area contributed by atoms with Crippen molar-refractivity contribution in [3.63, 3.8) is 0 Å². The molecule has 37 nitrogen and oxygen atoms in total. The Morgan fingerprint density at radius 3 is 0.898 bits per heavy atom. The summed E-state index contributed by atoms with van der Waals surface area (Å²) in [7, 11) is 0. The van der Waals surface area contributed by atoms with Crippen molar-refractivity contribution in [2.75, 3.05) is 233 Å². The van der Waals surface area contributed by atoms with Gasteiger partial charge in [-0.2, -0.15) is 97.9 Å². The van der Waals surface area contributed by atoms with Gasteiger partial charge in [-0.25, -0.2) is 0 Å². The summed E-state index contributed by atoms with van der Waals surface area (Å²) in [4.78, 5) is 63.9. The van der Waals surface area contributed by atoms with Crippen LogP contribution >= 0.6 is 0 Å². The zero-order valence-electron chi connectivity index (χ0n) is 72.3. The van der Waals surface area contributed by atoms with Crippen LogP contribution in [0, 0.1) is 0 Å². The van der Waals surface area contributed by atoms with Gasteiger partial charge in [0.25, 0.3) is 28.9 Å². The van der Waals surface area contributed by atoms with E-state index in [0.29, 0.717) is 88.0 Å². The van der Waals surface area contributed by atoms with Gasteiger partial charge in [0, 0.05) is 155 Å². The first-order valence-corrected chi connectivity index (χ1v) is 43.7. The molecule has 12 heterocycles. The highest BCUT2D eigenvalue weighted by atomic mass is 16.5. The van der Waals surface area contributed by atoms with Crippen molar-refractivity contribution < 1.29 is 35.0 Å². The molecule has 6 N–H and O–H groups in total. The lowest BCUT2D eigenvalue weighted by Gasteiger charge is -2.30. The highest BCUT2D eigenvalue weighted by Crippen LogP contribution is 2.29. The number of unbranched alkanes of at least 4 members (excludes halogenated alkanes) is 12. The lowest BCUT2D eigenvalue weighted by molar-refractivity contribution is 0.122. The van der Waals surface area contributed by atoms with Crippen molar-refractivity contribution in [2.45, 2.75) is 185 Å². The van der Waals surface area contributed by atoms with Crippen molar-refractivity contribution in [2.24, 2.45) is 0 Å². The summed E-state index contributed by atoms with van der Waals surface area (Å²) in [5, 5.41) is 72.1. The molecule has 2 aliphatic heterocycles. The molecule has 0 atom stereocenters. The Morgan fingerprint density at radius 2 is 0.585 bits per heavy atom. The van der Waals surface area contributed by atoms with E-state index in [2.05, 4.69) is 212 Å². The Labute approximate surface area is 696 Å². The minimum absolute atomic E-state index is 0.106. The topological polar surface area (TPSA) is 376 Å².